The van der Waals surface area contributed by atoms with E-state index in [4.69, 9.17) is 4.74 Å². The van der Waals surface area contributed by atoms with Crippen LogP contribution in [0.3, 0.4) is 0 Å². The molecule has 16 heavy (non-hydrogen) atoms. The second kappa shape index (κ2) is 5.44. The first-order chi connectivity index (χ1) is 7.37. The summed E-state index contributed by atoms with van der Waals surface area (Å²) in [5.41, 5.74) is 1.14. The lowest BCUT2D eigenvalue weighted by Crippen LogP contribution is -2.18. The summed E-state index contributed by atoms with van der Waals surface area (Å²) in [5.74, 6) is 1.64. The number of aryl methyl sites for hydroxylation is 1. The van der Waals surface area contributed by atoms with Crippen molar-refractivity contribution in [1.29, 1.82) is 0 Å². The highest BCUT2D eigenvalue weighted by Crippen LogP contribution is 2.23. The Morgan fingerprint density at radius 1 is 1.25 bits per heavy atom. The average Bonchev–Trinajstić information content (AvgIpc) is 2.14. The molecular weight excluding hydrogens is 216 g/mol. The van der Waals surface area contributed by atoms with E-state index >= 15 is 0 Å². The lowest BCUT2D eigenvalue weighted by Gasteiger charge is -2.22. The van der Waals surface area contributed by atoms with E-state index in [-0.39, 0.29) is 5.60 Å². The highest BCUT2D eigenvalue weighted by atomic mass is 32.2. The van der Waals surface area contributed by atoms with Crippen molar-refractivity contribution < 1.29 is 4.74 Å². The Kier molecular flexibility index (Phi) is 4.48. The summed E-state index contributed by atoms with van der Waals surface area (Å²) < 4.78 is 5.67. The zero-order valence-corrected chi connectivity index (χ0v) is 11.4. The largest absolute Gasteiger partial charge is 0.492 e. The first-order valence-corrected chi connectivity index (χ1v) is 6.42. The van der Waals surface area contributed by atoms with E-state index in [9.17, 15) is 0 Å². The molecule has 0 radical (unpaired) electrons. The van der Waals surface area contributed by atoms with E-state index in [1.807, 2.05) is 20.8 Å². The number of thioether (sulfide) groups is 1. The van der Waals surface area contributed by atoms with Crippen molar-refractivity contribution in [3.8, 4) is 0 Å². The van der Waals surface area contributed by atoms with E-state index in [1.54, 1.807) is 11.8 Å². The quantitative estimate of drug-likeness (QED) is 0.565. The minimum atomic E-state index is -0.148. The smallest absolute Gasteiger partial charge is 0.100 e. The molecule has 2 heteroatoms. The zero-order chi connectivity index (χ0) is 12.2. The molecule has 0 saturated heterocycles. The lowest BCUT2D eigenvalue weighted by molar-refractivity contribution is 0.0555. The Balaban J connectivity index is 2.40. The number of ether oxygens (including phenoxy) is 1. The highest BCUT2D eigenvalue weighted by Gasteiger charge is 2.12. The molecule has 1 aromatic carbocycles. The fourth-order valence-electron chi connectivity index (χ4n) is 1.26. The summed E-state index contributed by atoms with van der Waals surface area (Å²) in [4.78, 5) is 1.25. The van der Waals surface area contributed by atoms with Crippen molar-refractivity contribution in [3.63, 3.8) is 0 Å². The van der Waals surface area contributed by atoms with Crippen molar-refractivity contribution in [3.05, 3.63) is 42.2 Å². The van der Waals surface area contributed by atoms with Crippen molar-refractivity contribution in [2.45, 2.75) is 38.2 Å². The molecule has 0 saturated carbocycles. The molecule has 0 heterocycles. The molecule has 88 valence electrons. The van der Waals surface area contributed by atoms with Crippen LogP contribution in [0.2, 0.25) is 0 Å². The fraction of sp³-hybridized carbons (Fsp3) is 0.429. The molecule has 0 spiro atoms. The normalized spacial score (nSPS) is 11.2. The Morgan fingerprint density at radius 2 is 1.81 bits per heavy atom. The van der Waals surface area contributed by atoms with Crippen LogP contribution in [-0.2, 0) is 4.74 Å². The minimum absolute atomic E-state index is 0.148. The summed E-state index contributed by atoms with van der Waals surface area (Å²) in [7, 11) is 0. The van der Waals surface area contributed by atoms with Crippen molar-refractivity contribution >= 4 is 11.8 Å². The van der Waals surface area contributed by atoms with Crippen LogP contribution in [0.1, 0.15) is 26.3 Å². The number of rotatable bonds is 4. The van der Waals surface area contributed by atoms with Crippen LogP contribution >= 0.6 is 11.8 Å². The van der Waals surface area contributed by atoms with Gasteiger partial charge in [-0.3, -0.25) is 0 Å². The maximum Gasteiger partial charge on any atom is 0.100 e. The minimum Gasteiger partial charge on any atom is -0.492 e. The number of benzene rings is 1. The van der Waals surface area contributed by atoms with Crippen molar-refractivity contribution in [2.24, 2.45) is 0 Å². The molecule has 1 aromatic rings. The molecule has 0 N–H and O–H groups in total. The summed E-state index contributed by atoms with van der Waals surface area (Å²) in [5, 5.41) is 0. The third kappa shape index (κ3) is 5.26. The monoisotopic (exact) mass is 236 g/mol. The van der Waals surface area contributed by atoms with Gasteiger partial charge in [0.05, 0.1) is 11.5 Å². The fourth-order valence-corrected chi connectivity index (χ4v) is 1.98. The van der Waals surface area contributed by atoms with E-state index in [2.05, 4.69) is 37.8 Å². The Hall–Kier alpha value is -0.890. The molecular formula is C14H20OS. The first-order valence-electron chi connectivity index (χ1n) is 5.43. The molecule has 0 bridgehead atoms. The predicted molar refractivity (Wildman–Crippen MR) is 71.9 cm³/mol. The molecule has 0 aliphatic carbocycles. The van der Waals surface area contributed by atoms with Crippen LogP contribution in [-0.4, -0.2) is 11.4 Å². The molecule has 0 unspecified atom stereocenters. The van der Waals surface area contributed by atoms with Crippen molar-refractivity contribution in [1.82, 2.24) is 0 Å². The molecule has 1 nitrogen and oxygen atoms in total. The topological polar surface area (TPSA) is 9.23 Å². The van der Waals surface area contributed by atoms with Crippen LogP contribution in [0.25, 0.3) is 0 Å². The van der Waals surface area contributed by atoms with Gasteiger partial charge in [-0.25, -0.2) is 0 Å². The standard InChI is InChI=1S/C14H20OS/c1-11-6-8-13(9-7-11)16-10-12(2)15-14(3,4)5/h6-9H,2,10H2,1,3-5H3. The highest BCUT2D eigenvalue weighted by molar-refractivity contribution is 7.99. The zero-order valence-electron chi connectivity index (χ0n) is 10.5. The second-order valence-corrected chi connectivity index (χ2v) is 5.90. The van der Waals surface area contributed by atoms with Gasteiger partial charge in [0.15, 0.2) is 0 Å². The van der Waals surface area contributed by atoms with Crippen LogP contribution in [0.5, 0.6) is 0 Å². The lowest BCUT2D eigenvalue weighted by atomic mass is 10.2. The Morgan fingerprint density at radius 3 is 2.31 bits per heavy atom. The summed E-state index contributed by atoms with van der Waals surface area (Å²) in [6.45, 7) is 12.1. The van der Waals surface area contributed by atoms with E-state index < -0.39 is 0 Å². The maximum absolute atomic E-state index is 5.67. The molecule has 0 aromatic heterocycles. The van der Waals surface area contributed by atoms with Gasteiger partial charge in [-0.05, 0) is 39.8 Å². The molecule has 0 aliphatic rings. The van der Waals surface area contributed by atoms with Gasteiger partial charge in [-0.1, -0.05) is 24.3 Å². The van der Waals surface area contributed by atoms with Crippen LogP contribution in [0.4, 0.5) is 0 Å². The van der Waals surface area contributed by atoms with Crippen LogP contribution in [0.15, 0.2) is 41.5 Å². The van der Waals surface area contributed by atoms with Gasteiger partial charge < -0.3 is 4.74 Å². The third-order valence-corrected chi connectivity index (χ3v) is 2.94. The summed E-state index contributed by atoms with van der Waals surface area (Å²) in [6.07, 6.45) is 0. The van der Waals surface area contributed by atoms with Gasteiger partial charge in [0.25, 0.3) is 0 Å². The average molecular weight is 236 g/mol. The summed E-state index contributed by atoms with van der Waals surface area (Å²) in [6, 6.07) is 8.50. The number of hydrogen-bond acceptors (Lipinski definition) is 2. The van der Waals surface area contributed by atoms with Crippen molar-refractivity contribution in [2.75, 3.05) is 5.75 Å². The number of hydrogen-bond donors (Lipinski definition) is 0. The molecule has 0 aliphatic heterocycles. The second-order valence-electron chi connectivity index (χ2n) is 4.85. The third-order valence-electron chi connectivity index (χ3n) is 1.87. The molecule has 1 rings (SSSR count). The van der Waals surface area contributed by atoms with Gasteiger partial charge in [0, 0.05) is 4.90 Å². The van der Waals surface area contributed by atoms with Crippen LogP contribution in [0, 0.1) is 6.92 Å². The van der Waals surface area contributed by atoms with Gasteiger partial charge in [-0.15, -0.1) is 11.8 Å². The molecule has 0 amide bonds. The van der Waals surface area contributed by atoms with Gasteiger partial charge in [-0.2, -0.15) is 0 Å². The van der Waals surface area contributed by atoms with E-state index in [0.29, 0.717) is 0 Å². The Labute approximate surface area is 103 Å². The predicted octanol–water partition coefficient (Wildman–Crippen LogP) is 4.42. The van der Waals surface area contributed by atoms with Gasteiger partial charge in [0.1, 0.15) is 5.60 Å². The molecule has 0 atom stereocenters. The van der Waals surface area contributed by atoms with Crippen LogP contribution < -0.4 is 0 Å². The SMILES string of the molecule is C=C(CSc1ccc(C)cc1)OC(C)(C)C. The molecule has 0 fully saturated rings. The van der Waals surface area contributed by atoms with E-state index in [1.165, 1.54) is 10.5 Å². The van der Waals surface area contributed by atoms with Gasteiger partial charge in [0.2, 0.25) is 0 Å². The first kappa shape index (κ1) is 13.2. The maximum atomic E-state index is 5.67. The van der Waals surface area contributed by atoms with Gasteiger partial charge >= 0.3 is 0 Å². The summed E-state index contributed by atoms with van der Waals surface area (Å²) >= 11 is 1.75. The Bertz CT molecular complexity index is 346. The van der Waals surface area contributed by atoms with E-state index in [0.717, 1.165) is 11.5 Å².